The number of fused-ring (bicyclic) bond motifs is 1. The molecule has 4 aromatic rings. The molecule has 0 aliphatic carbocycles. The first kappa shape index (κ1) is 32.3. The number of benzene rings is 1. The number of halogens is 2. The maximum Gasteiger partial charge on any atom is 0.354 e. The number of hydrogen-bond acceptors (Lipinski definition) is 6. The molecule has 0 fully saturated rings. The fourth-order valence-electron chi connectivity index (χ4n) is 5.24. The number of H-pyrrole nitrogens is 1. The molecule has 0 aliphatic heterocycles. The molecule has 2 unspecified atom stereocenters. The van der Waals surface area contributed by atoms with Crippen LogP contribution in [-0.4, -0.2) is 44.5 Å². The first-order chi connectivity index (χ1) is 20.6. The van der Waals surface area contributed by atoms with E-state index < -0.39 is 11.5 Å². The number of aromatic nitrogens is 4. The summed E-state index contributed by atoms with van der Waals surface area (Å²) in [5.41, 5.74) is 15.7. The zero-order valence-corrected chi connectivity index (χ0v) is 26.1. The van der Waals surface area contributed by atoms with Gasteiger partial charge >= 0.3 is 5.69 Å². The molecule has 43 heavy (non-hydrogen) atoms. The van der Waals surface area contributed by atoms with Gasteiger partial charge in [-0.25, -0.2) is 9.18 Å². The summed E-state index contributed by atoms with van der Waals surface area (Å²) in [6.45, 7) is 9.37. The summed E-state index contributed by atoms with van der Waals surface area (Å²) in [6.07, 6.45) is 8.67. The van der Waals surface area contributed by atoms with E-state index in [1.165, 1.54) is 4.57 Å². The number of aromatic amines is 1. The van der Waals surface area contributed by atoms with Crippen molar-refractivity contribution in [1.82, 2.24) is 24.8 Å². The van der Waals surface area contributed by atoms with Gasteiger partial charge in [0.05, 0.1) is 34.1 Å². The monoisotopic (exact) mass is 608 g/mol. The third kappa shape index (κ3) is 8.28. The van der Waals surface area contributed by atoms with Gasteiger partial charge in [-0.1, -0.05) is 24.9 Å². The Balaban J connectivity index is 1.60. The van der Waals surface area contributed by atoms with Crippen molar-refractivity contribution in [2.45, 2.75) is 78.3 Å². The van der Waals surface area contributed by atoms with Gasteiger partial charge in [-0.15, -0.1) is 0 Å². The molecule has 0 saturated heterocycles. The van der Waals surface area contributed by atoms with Crippen molar-refractivity contribution in [3.05, 3.63) is 74.8 Å². The lowest BCUT2D eigenvalue weighted by Gasteiger charge is -2.20. The molecule has 0 amide bonds. The SMILES string of the molecule is CCCC(NCCCN=C(C)N)c1ncc(-n2cc3cc(-c4cc(CCCC(C)N)cc(Cl)c4F)[nH]c3nc2=O)cc1C. The molecule has 3 aromatic heterocycles. The van der Waals surface area contributed by atoms with Crippen molar-refractivity contribution in [1.29, 1.82) is 0 Å². The second-order valence-electron chi connectivity index (χ2n) is 11.3. The van der Waals surface area contributed by atoms with Crippen LogP contribution >= 0.6 is 11.6 Å². The number of pyridine rings is 1. The predicted molar refractivity (Wildman–Crippen MR) is 174 cm³/mol. The van der Waals surface area contributed by atoms with E-state index in [2.05, 4.69) is 27.2 Å². The topological polar surface area (TPSA) is 140 Å². The summed E-state index contributed by atoms with van der Waals surface area (Å²) in [6, 6.07) is 7.36. The van der Waals surface area contributed by atoms with Gasteiger partial charge in [-0.2, -0.15) is 4.98 Å². The first-order valence-electron chi connectivity index (χ1n) is 14.9. The van der Waals surface area contributed by atoms with Gasteiger partial charge in [0, 0.05) is 35.8 Å². The average Bonchev–Trinajstić information content (AvgIpc) is 3.36. The molecule has 0 radical (unpaired) electrons. The molecule has 2 atom stereocenters. The zero-order chi connectivity index (χ0) is 31.1. The van der Waals surface area contributed by atoms with Gasteiger partial charge in [0.2, 0.25) is 0 Å². The second kappa shape index (κ2) is 14.7. The van der Waals surface area contributed by atoms with Gasteiger partial charge in [-0.05, 0) is 94.8 Å². The summed E-state index contributed by atoms with van der Waals surface area (Å²) in [7, 11) is 0. The Morgan fingerprint density at radius 2 is 2.02 bits per heavy atom. The van der Waals surface area contributed by atoms with E-state index >= 15 is 4.39 Å². The number of hydrogen-bond donors (Lipinski definition) is 4. The fourth-order valence-corrected chi connectivity index (χ4v) is 5.48. The molecule has 11 heteroatoms. The smallest absolute Gasteiger partial charge is 0.354 e. The summed E-state index contributed by atoms with van der Waals surface area (Å²) in [5.74, 6) is 0.0683. The second-order valence-corrected chi connectivity index (χ2v) is 11.7. The third-order valence-electron chi connectivity index (χ3n) is 7.39. The fraction of sp³-hybridized carbons (Fsp3) is 0.438. The molecule has 0 bridgehead atoms. The normalized spacial score (nSPS) is 13.5. The van der Waals surface area contributed by atoms with Gasteiger partial charge in [0.25, 0.3) is 0 Å². The van der Waals surface area contributed by atoms with Crippen LogP contribution in [0, 0.1) is 12.7 Å². The van der Waals surface area contributed by atoms with E-state index in [9.17, 15) is 4.79 Å². The third-order valence-corrected chi connectivity index (χ3v) is 7.66. The van der Waals surface area contributed by atoms with Gasteiger partial charge in [0.1, 0.15) is 5.65 Å². The number of amidine groups is 1. The molecular weight excluding hydrogens is 567 g/mol. The minimum atomic E-state index is -0.521. The molecule has 3 heterocycles. The van der Waals surface area contributed by atoms with Crippen LogP contribution in [0.15, 0.2) is 46.4 Å². The lowest BCUT2D eigenvalue weighted by Crippen LogP contribution is -2.25. The van der Waals surface area contributed by atoms with E-state index in [1.54, 1.807) is 37.5 Å². The van der Waals surface area contributed by atoms with Crippen molar-refractivity contribution < 1.29 is 4.39 Å². The molecule has 230 valence electrons. The number of nitrogens with zero attached hydrogens (tertiary/aromatic N) is 4. The van der Waals surface area contributed by atoms with E-state index in [-0.39, 0.29) is 17.1 Å². The van der Waals surface area contributed by atoms with Crippen LogP contribution < -0.4 is 22.5 Å². The standard InChI is InChI=1S/C32H42ClFN8O/c1-5-8-27(38-12-7-11-37-21(4)36)30-19(2)13-24(17-39-30)42-18-23-16-28(40-31(23)41-32(42)43)25-14-22(10-6-9-20(3)35)15-26(33)29(25)34/h13-18,20,27,38H,5-12,35H2,1-4H3,(H2,36,37)(H,40,41,43). The van der Waals surface area contributed by atoms with Crippen LogP contribution in [0.2, 0.25) is 5.02 Å². The molecular formula is C32H42ClFN8O. The van der Waals surface area contributed by atoms with Crippen molar-refractivity contribution >= 4 is 28.5 Å². The Morgan fingerprint density at radius 3 is 2.72 bits per heavy atom. The van der Waals surface area contributed by atoms with Gasteiger partial charge in [-0.3, -0.25) is 14.5 Å². The molecule has 9 nitrogen and oxygen atoms in total. The Labute approximate surface area is 257 Å². The molecule has 0 saturated carbocycles. The quantitative estimate of drug-likeness (QED) is 0.0817. The van der Waals surface area contributed by atoms with Crippen LogP contribution in [0.3, 0.4) is 0 Å². The highest BCUT2D eigenvalue weighted by atomic mass is 35.5. The van der Waals surface area contributed by atoms with E-state index in [0.717, 1.165) is 61.9 Å². The number of nitrogens with one attached hydrogen (secondary N) is 2. The maximum absolute atomic E-state index is 15.1. The Hall–Kier alpha value is -3.60. The number of aliphatic imine (C=N–C) groups is 1. The Bertz CT molecular complexity index is 1640. The van der Waals surface area contributed by atoms with Crippen molar-refractivity contribution in [2.24, 2.45) is 16.5 Å². The highest BCUT2D eigenvalue weighted by Crippen LogP contribution is 2.31. The highest BCUT2D eigenvalue weighted by molar-refractivity contribution is 6.31. The molecule has 6 N–H and O–H groups in total. The summed E-state index contributed by atoms with van der Waals surface area (Å²) in [5, 5.41) is 4.30. The van der Waals surface area contributed by atoms with Crippen LogP contribution in [0.1, 0.15) is 75.7 Å². The molecule has 1 aromatic carbocycles. The number of rotatable bonds is 14. The van der Waals surface area contributed by atoms with E-state index in [0.29, 0.717) is 40.4 Å². The molecule has 0 spiro atoms. The van der Waals surface area contributed by atoms with E-state index in [1.807, 2.05) is 19.9 Å². The molecule has 4 rings (SSSR count). The summed E-state index contributed by atoms with van der Waals surface area (Å²) >= 11 is 6.26. The van der Waals surface area contributed by atoms with Crippen LogP contribution in [0.4, 0.5) is 4.39 Å². The summed E-state index contributed by atoms with van der Waals surface area (Å²) in [4.78, 5) is 29.4. The van der Waals surface area contributed by atoms with Crippen molar-refractivity contribution in [2.75, 3.05) is 13.1 Å². The maximum atomic E-state index is 15.1. The minimum absolute atomic E-state index is 0.0520. The predicted octanol–water partition coefficient (Wildman–Crippen LogP) is 5.74. The van der Waals surface area contributed by atoms with Crippen LogP contribution in [0.5, 0.6) is 0 Å². The first-order valence-corrected chi connectivity index (χ1v) is 15.3. The van der Waals surface area contributed by atoms with Crippen molar-refractivity contribution in [3.8, 4) is 16.9 Å². The minimum Gasteiger partial charge on any atom is -0.388 e. The number of nitrogens with two attached hydrogens (primary N) is 2. The Morgan fingerprint density at radius 1 is 1.23 bits per heavy atom. The lowest BCUT2D eigenvalue weighted by atomic mass is 10.0. The Kier molecular flexibility index (Phi) is 11.1. The van der Waals surface area contributed by atoms with Crippen molar-refractivity contribution in [3.63, 3.8) is 0 Å². The van der Waals surface area contributed by atoms with Gasteiger partial charge < -0.3 is 21.8 Å². The lowest BCUT2D eigenvalue weighted by molar-refractivity contribution is 0.478. The largest absolute Gasteiger partial charge is 0.388 e. The van der Waals surface area contributed by atoms with Crippen LogP contribution in [0.25, 0.3) is 28.0 Å². The summed E-state index contributed by atoms with van der Waals surface area (Å²) < 4.78 is 16.6. The zero-order valence-electron chi connectivity index (χ0n) is 25.4. The number of aryl methyl sites for hydroxylation is 2. The average molecular weight is 609 g/mol. The van der Waals surface area contributed by atoms with E-state index in [4.69, 9.17) is 28.1 Å². The molecule has 0 aliphatic rings. The van der Waals surface area contributed by atoms with Crippen LogP contribution in [-0.2, 0) is 6.42 Å². The highest BCUT2D eigenvalue weighted by Gasteiger charge is 2.18. The van der Waals surface area contributed by atoms with Gasteiger partial charge in [0.15, 0.2) is 5.82 Å².